The maximum absolute atomic E-state index is 12.7. The Hall–Kier alpha value is -1.56. The summed E-state index contributed by atoms with van der Waals surface area (Å²) < 4.78 is 38.2. The van der Waals surface area contributed by atoms with Crippen molar-refractivity contribution in [1.29, 1.82) is 0 Å². The van der Waals surface area contributed by atoms with Crippen LogP contribution in [0.15, 0.2) is 24.3 Å². The summed E-state index contributed by atoms with van der Waals surface area (Å²) in [5.41, 5.74) is 5.28. The molecule has 2 fully saturated rings. The minimum absolute atomic E-state index is 0.0702. The van der Waals surface area contributed by atoms with E-state index < -0.39 is 11.7 Å². The molecule has 3 rings (SSSR count). The Morgan fingerprint density at radius 3 is 2.38 bits per heavy atom. The van der Waals surface area contributed by atoms with Crippen LogP contribution >= 0.6 is 0 Å². The van der Waals surface area contributed by atoms with Crippen LogP contribution in [-0.2, 0) is 6.18 Å². The van der Waals surface area contributed by atoms with E-state index in [1.165, 1.54) is 12.1 Å². The van der Waals surface area contributed by atoms with Gasteiger partial charge in [-0.25, -0.2) is 0 Å². The van der Waals surface area contributed by atoms with Crippen LogP contribution in [0, 0.1) is 0 Å². The van der Waals surface area contributed by atoms with Crippen molar-refractivity contribution in [3.8, 4) is 0 Å². The van der Waals surface area contributed by atoms with Crippen LogP contribution in [-0.4, -0.2) is 28.9 Å². The van der Waals surface area contributed by atoms with Gasteiger partial charge in [0.05, 0.1) is 5.56 Å². The summed E-state index contributed by atoms with van der Waals surface area (Å²) in [6.45, 7) is 0. The van der Waals surface area contributed by atoms with Gasteiger partial charge < -0.3 is 10.6 Å². The lowest BCUT2D eigenvalue weighted by molar-refractivity contribution is -0.137. The van der Waals surface area contributed by atoms with Crippen molar-refractivity contribution in [3.63, 3.8) is 0 Å². The Kier molecular flexibility index (Phi) is 3.43. The summed E-state index contributed by atoms with van der Waals surface area (Å²) >= 11 is 0. The van der Waals surface area contributed by atoms with Gasteiger partial charge in [0.15, 0.2) is 0 Å². The Morgan fingerprint density at radius 1 is 1.19 bits per heavy atom. The molecule has 0 spiro atoms. The zero-order valence-electron chi connectivity index (χ0n) is 11.4. The molecular weight excluding hydrogens is 281 g/mol. The quantitative estimate of drug-likeness (QED) is 0.866. The number of nitrogens with two attached hydrogens (primary N) is 1. The standard InChI is InChI=1S/C15H17F3N2O/c16-15(17,18)10-3-1-2-9(6-10)14(21)20-12-4-5-13(20)8-11(19)7-12/h1-3,6,11-13H,4-5,7-8,19H2. The summed E-state index contributed by atoms with van der Waals surface area (Å²) in [5, 5.41) is 0. The van der Waals surface area contributed by atoms with E-state index >= 15 is 0 Å². The first-order valence-electron chi connectivity index (χ1n) is 7.12. The SMILES string of the molecule is NC1CC2CCC(C1)N2C(=O)c1cccc(C(F)(F)F)c1. The molecular formula is C15H17F3N2O. The second kappa shape index (κ2) is 5.02. The number of amides is 1. The third kappa shape index (κ3) is 2.64. The van der Waals surface area contributed by atoms with E-state index in [1.807, 2.05) is 0 Å². The number of fused-ring (bicyclic) bond motifs is 2. The summed E-state index contributed by atoms with van der Waals surface area (Å²) in [6.07, 6.45) is -1.17. The van der Waals surface area contributed by atoms with E-state index in [2.05, 4.69) is 0 Å². The van der Waals surface area contributed by atoms with Crippen LogP contribution in [0.25, 0.3) is 0 Å². The summed E-state index contributed by atoms with van der Waals surface area (Å²) in [7, 11) is 0. The molecule has 2 unspecified atom stereocenters. The minimum atomic E-state index is -4.43. The van der Waals surface area contributed by atoms with Gasteiger partial charge >= 0.3 is 6.18 Å². The predicted octanol–water partition coefficient (Wildman–Crippen LogP) is 2.80. The van der Waals surface area contributed by atoms with Gasteiger partial charge in [-0.15, -0.1) is 0 Å². The number of rotatable bonds is 1. The second-order valence-corrected chi connectivity index (χ2v) is 5.91. The fraction of sp³-hybridized carbons (Fsp3) is 0.533. The molecule has 2 aliphatic heterocycles. The van der Waals surface area contributed by atoms with Gasteiger partial charge in [-0.1, -0.05) is 6.07 Å². The van der Waals surface area contributed by atoms with Crippen molar-refractivity contribution in [1.82, 2.24) is 4.90 Å². The third-order valence-electron chi connectivity index (χ3n) is 4.44. The predicted molar refractivity (Wildman–Crippen MR) is 71.6 cm³/mol. The number of nitrogens with zero attached hydrogens (tertiary/aromatic N) is 1. The molecule has 2 heterocycles. The number of alkyl halides is 3. The van der Waals surface area contributed by atoms with E-state index in [0.717, 1.165) is 37.8 Å². The van der Waals surface area contributed by atoms with Gasteiger partial charge in [-0.2, -0.15) is 13.2 Å². The van der Waals surface area contributed by atoms with Crippen LogP contribution in [0.4, 0.5) is 13.2 Å². The van der Waals surface area contributed by atoms with E-state index in [0.29, 0.717) is 0 Å². The van der Waals surface area contributed by atoms with Crippen molar-refractivity contribution in [2.75, 3.05) is 0 Å². The fourth-order valence-corrected chi connectivity index (χ4v) is 3.53. The number of carbonyl (C=O) groups is 1. The monoisotopic (exact) mass is 298 g/mol. The molecule has 2 N–H and O–H groups in total. The normalized spacial score (nSPS) is 28.8. The highest BCUT2D eigenvalue weighted by molar-refractivity contribution is 5.95. The smallest absolute Gasteiger partial charge is 0.333 e. The highest BCUT2D eigenvalue weighted by Crippen LogP contribution is 2.37. The molecule has 0 aliphatic carbocycles. The molecule has 2 bridgehead atoms. The molecule has 1 aromatic rings. The van der Waals surface area contributed by atoms with Crippen LogP contribution in [0.5, 0.6) is 0 Å². The maximum atomic E-state index is 12.7. The lowest BCUT2D eigenvalue weighted by Gasteiger charge is -2.37. The zero-order valence-corrected chi connectivity index (χ0v) is 11.4. The van der Waals surface area contributed by atoms with Crippen molar-refractivity contribution in [3.05, 3.63) is 35.4 Å². The molecule has 0 saturated carbocycles. The molecule has 1 amide bonds. The highest BCUT2D eigenvalue weighted by atomic mass is 19.4. The first-order valence-corrected chi connectivity index (χ1v) is 7.12. The summed E-state index contributed by atoms with van der Waals surface area (Å²) in [5.74, 6) is -0.305. The zero-order chi connectivity index (χ0) is 15.2. The minimum Gasteiger partial charge on any atom is -0.333 e. The van der Waals surface area contributed by atoms with E-state index in [1.54, 1.807) is 4.90 Å². The van der Waals surface area contributed by atoms with E-state index in [4.69, 9.17) is 5.73 Å². The molecule has 2 atom stereocenters. The van der Waals surface area contributed by atoms with Crippen LogP contribution < -0.4 is 5.73 Å². The molecule has 3 nitrogen and oxygen atoms in total. The largest absolute Gasteiger partial charge is 0.416 e. The van der Waals surface area contributed by atoms with Gasteiger partial charge in [0.2, 0.25) is 0 Å². The lowest BCUT2D eigenvalue weighted by Crippen LogP contribution is -2.50. The molecule has 21 heavy (non-hydrogen) atoms. The van der Waals surface area contributed by atoms with Crippen molar-refractivity contribution in [2.45, 2.75) is 50.0 Å². The van der Waals surface area contributed by atoms with Gasteiger partial charge in [0.1, 0.15) is 0 Å². The maximum Gasteiger partial charge on any atom is 0.416 e. The molecule has 0 aromatic heterocycles. The van der Waals surface area contributed by atoms with Gasteiger partial charge in [0, 0.05) is 23.7 Å². The van der Waals surface area contributed by atoms with Crippen molar-refractivity contribution >= 4 is 5.91 Å². The number of halogens is 3. The number of hydrogen-bond acceptors (Lipinski definition) is 2. The molecule has 114 valence electrons. The van der Waals surface area contributed by atoms with Crippen LogP contribution in [0.2, 0.25) is 0 Å². The fourth-order valence-electron chi connectivity index (χ4n) is 3.53. The molecule has 0 radical (unpaired) electrons. The summed E-state index contributed by atoms with van der Waals surface area (Å²) in [4.78, 5) is 14.3. The average molecular weight is 298 g/mol. The second-order valence-electron chi connectivity index (χ2n) is 5.91. The average Bonchev–Trinajstić information content (AvgIpc) is 2.69. The number of carbonyl (C=O) groups excluding carboxylic acids is 1. The van der Waals surface area contributed by atoms with Crippen LogP contribution in [0.3, 0.4) is 0 Å². The molecule has 1 aromatic carbocycles. The van der Waals surface area contributed by atoms with Crippen molar-refractivity contribution in [2.24, 2.45) is 5.73 Å². The Balaban J connectivity index is 1.86. The Morgan fingerprint density at radius 2 is 1.81 bits per heavy atom. The Bertz CT molecular complexity index is 544. The molecule has 2 saturated heterocycles. The summed E-state index contributed by atoms with van der Waals surface area (Å²) in [6, 6.07) is 4.89. The number of benzene rings is 1. The number of piperidine rings is 1. The lowest BCUT2D eigenvalue weighted by atomic mass is 9.97. The molecule has 2 aliphatic rings. The van der Waals surface area contributed by atoms with Crippen LogP contribution in [0.1, 0.15) is 41.6 Å². The topological polar surface area (TPSA) is 46.3 Å². The van der Waals surface area contributed by atoms with Gasteiger partial charge in [-0.05, 0) is 43.9 Å². The van der Waals surface area contributed by atoms with Crippen molar-refractivity contribution < 1.29 is 18.0 Å². The van der Waals surface area contributed by atoms with Gasteiger partial charge in [0.25, 0.3) is 5.91 Å². The first kappa shape index (κ1) is 14.4. The van der Waals surface area contributed by atoms with E-state index in [-0.39, 0.29) is 29.6 Å². The number of hydrogen-bond donors (Lipinski definition) is 1. The third-order valence-corrected chi connectivity index (χ3v) is 4.44. The highest BCUT2D eigenvalue weighted by Gasteiger charge is 2.42. The Labute approximate surface area is 120 Å². The first-order chi connectivity index (χ1) is 9.86. The van der Waals surface area contributed by atoms with Gasteiger partial charge in [-0.3, -0.25) is 4.79 Å². The van der Waals surface area contributed by atoms with E-state index in [9.17, 15) is 18.0 Å². The molecule has 6 heteroatoms.